The molecule has 1 heterocycles. The highest BCUT2D eigenvalue weighted by molar-refractivity contribution is 7.99. The van der Waals surface area contributed by atoms with Crippen LogP contribution in [-0.4, -0.2) is 56.0 Å². The van der Waals surface area contributed by atoms with Gasteiger partial charge in [0.15, 0.2) is 0 Å². The quantitative estimate of drug-likeness (QED) is 0.663. The molecule has 0 radical (unpaired) electrons. The molecule has 1 saturated carbocycles. The Morgan fingerprint density at radius 1 is 1.38 bits per heavy atom. The van der Waals surface area contributed by atoms with Crippen LogP contribution in [0.3, 0.4) is 0 Å². The van der Waals surface area contributed by atoms with Gasteiger partial charge in [-0.25, -0.2) is 4.68 Å². The first-order chi connectivity index (χ1) is 11.4. The minimum absolute atomic E-state index is 0.0904. The van der Waals surface area contributed by atoms with Gasteiger partial charge in [-0.1, -0.05) is 37.9 Å². The molecule has 1 aliphatic rings. The highest BCUT2D eigenvalue weighted by atomic mass is 32.2. The van der Waals surface area contributed by atoms with Crippen LogP contribution in [0.1, 0.15) is 51.5 Å². The van der Waals surface area contributed by atoms with Crippen LogP contribution < -0.4 is 0 Å². The van der Waals surface area contributed by atoms with E-state index >= 15 is 0 Å². The van der Waals surface area contributed by atoms with Crippen molar-refractivity contribution in [2.75, 3.05) is 18.8 Å². The molecule has 0 bridgehead atoms. The molecule has 2 rings (SSSR count). The molecule has 0 N–H and O–H groups in total. The molecule has 1 aromatic heterocycles. The van der Waals surface area contributed by atoms with Crippen LogP contribution >= 0.6 is 11.8 Å². The van der Waals surface area contributed by atoms with E-state index in [-0.39, 0.29) is 18.3 Å². The van der Waals surface area contributed by atoms with E-state index < -0.39 is 18.6 Å². The number of unbranched alkanes of at least 4 members (excludes halogenated alkanes) is 1. The zero-order valence-electron chi connectivity index (χ0n) is 13.6. The van der Waals surface area contributed by atoms with Gasteiger partial charge in [0.05, 0.1) is 11.8 Å². The third-order valence-electron chi connectivity index (χ3n) is 3.96. The number of carbonyl (C=O) groups is 1. The Labute approximate surface area is 143 Å². The summed E-state index contributed by atoms with van der Waals surface area (Å²) in [6.07, 6.45) is 1.10. The second kappa shape index (κ2) is 8.68. The molecule has 0 unspecified atom stereocenters. The van der Waals surface area contributed by atoms with Crippen LogP contribution in [0, 0.1) is 0 Å². The first kappa shape index (κ1) is 19.0. The summed E-state index contributed by atoms with van der Waals surface area (Å²) in [6.45, 7) is 0.781. The SMILES string of the molecule is CCCCN(CC(F)(F)F)C(=O)CSc1nnnn1C1CCCC1. The maximum atomic E-state index is 12.6. The van der Waals surface area contributed by atoms with Crippen molar-refractivity contribution in [1.82, 2.24) is 25.1 Å². The summed E-state index contributed by atoms with van der Waals surface area (Å²) in [4.78, 5) is 13.1. The van der Waals surface area contributed by atoms with Gasteiger partial charge in [-0.3, -0.25) is 4.79 Å². The lowest BCUT2D eigenvalue weighted by Crippen LogP contribution is -2.40. The predicted molar refractivity (Wildman–Crippen MR) is 83.6 cm³/mol. The number of halogens is 3. The zero-order valence-corrected chi connectivity index (χ0v) is 14.4. The number of aromatic nitrogens is 4. The van der Waals surface area contributed by atoms with Crippen molar-refractivity contribution in [3.63, 3.8) is 0 Å². The number of tetrazole rings is 1. The van der Waals surface area contributed by atoms with Crippen molar-refractivity contribution in [3.05, 3.63) is 0 Å². The van der Waals surface area contributed by atoms with E-state index in [0.717, 1.165) is 48.8 Å². The standard InChI is InChI=1S/C14H22F3N5OS/c1-2-3-8-21(10-14(15,16)17)12(23)9-24-13-18-19-20-22(13)11-6-4-5-7-11/h11H,2-10H2,1H3. The Balaban J connectivity index is 1.93. The largest absolute Gasteiger partial charge is 0.406 e. The first-order valence-corrected chi connectivity index (χ1v) is 9.14. The molecule has 10 heteroatoms. The van der Waals surface area contributed by atoms with Crippen molar-refractivity contribution in [2.45, 2.75) is 62.8 Å². The third kappa shape index (κ3) is 5.64. The minimum Gasteiger partial charge on any atom is -0.333 e. The zero-order chi connectivity index (χ0) is 17.6. The topological polar surface area (TPSA) is 63.9 Å². The molecule has 0 atom stereocenters. The van der Waals surface area contributed by atoms with Crippen molar-refractivity contribution in [1.29, 1.82) is 0 Å². The molecule has 0 spiro atoms. The lowest BCUT2D eigenvalue weighted by molar-refractivity contribution is -0.159. The van der Waals surface area contributed by atoms with Crippen LogP contribution in [0.2, 0.25) is 0 Å². The average molecular weight is 365 g/mol. The van der Waals surface area contributed by atoms with Gasteiger partial charge in [0.1, 0.15) is 6.54 Å². The Kier molecular flexibility index (Phi) is 6.88. The van der Waals surface area contributed by atoms with Crippen molar-refractivity contribution in [3.8, 4) is 0 Å². The fourth-order valence-corrected chi connectivity index (χ4v) is 3.58. The van der Waals surface area contributed by atoms with Crippen LogP contribution in [0.4, 0.5) is 13.2 Å². The summed E-state index contributed by atoms with van der Waals surface area (Å²) in [7, 11) is 0. The number of amides is 1. The molecule has 1 fully saturated rings. The number of alkyl halides is 3. The number of hydrogen-bond donors (Lipinski definition) is 0. The highest BCUT2D eigenvalue weighted by Gasteiger charge is 2.33. The third-order valence-corrected chi connectivity index (χ3v) is 4.88. The van der Waals surface area contributed by atoms with E-state index in [1.165, 1.54) is 0 Å². The van der Waals surface area contributed by atoms with Gasteiger partial charge in [0, 0.05) is 6.54 Å². The van der Waals surface area contributed by atoms with E-state index in [0.29, 0.717) is 11.6 Å². The number of hydrogen-bond acceptors (Lipinski definition) is 5. The maximum Gasteiger partial charge on any atom is 0.406 e. The normalized spacial score (nSPS) is 15.8. The van der Waals surface area contributed by atoms with Gasteiger partial charge >= 0.3 is 6.18 Å². The van der Waals surface area contributed by atoms with Gasteiger partial charge in [-0.05, 0) is 29.7 Å². The molecular formula is C14H22F3N5OS. The second-order valence-electron chi connectivity index (χ2n) is 5.92. The number of carbonyl (C=O) groups excluding carboxylic acids is 1. The second-order valence-corrected chi connectivity index (χ2v) is 6.86. The van der Waals surface area contributed by atoms with Crippen LogP contribution in [0.25, 0.3) is 0 Å². The van der Waals surface area contributed by atoms with Gasteiger partial charge in [-0.2, -0.15) is 13.2 Å². The Hall–Kier alpha value is -1.32. The summed E-state index contributed by atoms with van der Waals surface area (Å²) in [5, 5.41) is 12.0. The molecule has 0 aliphatic heterocycles. The van der Waals surface area contributed by atoms with Gasteiger partial charge in [0.2, 0.25) is 11.1 Å². The van der Waals surface area contributed by atoms with E-state index in [2.05, 4.69) is 15.5 Å². The van der Waals surface area contributed by atoms with Gasteiger partial charge < -0.3 is 4.90 Å². The summed E-state index contributed by atoms with van der Waals surface area (Å²) < 4.78 is 39.6. The summed E-state index contributed by atoms with van der Waals surface area (Å²) in [5.74, 6) is -0.626. The number of thioether (sulfide) groups is 1. The number of rotatable bonds is 8. The van der Waals surface area contributed by atoms with E-state index in [9.17, 15) is 18.0 Å². The molecule has 1 aliphatic carbocycles. The fraction of sp³-hybridized carbons (Fsp3) is 0.857. The van der Waals surface area contributed by atoms with Crippen molar-refractivity contribution >= 4 is 17.7 Å². The van der Waals surface area contributed by atoms with Gasteiger partial charge in [0.25, 0.3) is 0 Å². The molecule has 136 valence electrons. The molecule has 1 amide bonds. The summed E-state index contributed by atoms with van der Waals surface area (Å²) >= 11 is 1.10. The van der Waals surface area contributed by atoms with Crippen LogP contribution in [0.5, 0.6) is 0 Å². The lowest BCUT2D eigenvalue weighted by atomic mass is 10.3. The van der Waals surface area contributed by atoms with Crippen LogP contribution in [0.15, 0.2) is 5.16 Å². The van der Waals surface area contributed by atoms with E-state index in [4.69, 9.17) is 0 Å². The Bertz CT molecular complexity index is 531. The number of nitrogens with zero attached hydrogens (tertiary/aromatic N) is 5. The Morgan fingerprint density at radius 3 is 2.71 bits per heavy atom. The molecule has 0 aromatic carbocycles. The monoisotopic (exact) mass is 365 g/mol. The van der Waals surface area contributed by atoms with E-state index in [1.807, 2.05) is 6.92 Å². The first-order valence-electron chi connectivity index (χ1n) is 8.16. The van der Waals surface area contributed by atoms with Crippen molar-refractivity contribution in [2.24, 2.45) is 0 Å². The predicted octanol–water partition coefficient (Wildman–Crippen LogP) is 3.07. The smallest absolute Gasteiger partial charge is 0.333 e. The molecule has 0 saturated heterocycles. The van der Waals surface area contributed by atoms with Gasteiger partial charge in [-0.15, -0.1) is 5.10 Å². The molecule has 24 heavy (non-hydrogen) atoms. The molecule has 1 aromatic rings. The maximum absolute atomic E-state index is 12.6. The van der Waals surface area contributed by atoms with Crippen molar-refractivity contribution < 1.29 is 18.0 Å². The lowest BCUT2D eigenvalue weighted by Gasteiger charge is -2.23. The molecular weight excluding hydrogens is 343 g/mol. The van der Waals surface area contributed by atoms with E-state index in [1.54, 1.807) is 4.68 Å². The summed E-state index contributed by atoms with van der Waals surface area (Å²) in [6, 6.07) is 0.226. The fourth-order valence-electron chi connectivity index (χ4n) is 2.73. The van der Waals surface area contributed by atoms with Crippen LogP contribution in [-0.2, 0) is 4.79 Å². The average Bonchev–Trinajstić information content (AvgIpc) is 3.18. The highest BCUT2D eigenvalue weighted by Crippen LogP contribution is 2.31. The minimum atomic E-state index is -4.39. The molecule has 6 nitrogen and oxygen atoms in total. The summed E-state index contributed by atoms with van der Waals surface area (Å²) in [5.41, 5.74) is 0. The Morgan fingerprint density at radius 2 is 2.08 bits per heavy atom.